The Balaban J connectivity index is 0.00000341. The fourth-order valence-corrected chi connectivity index (χ4v) is 3.73. The molecule has 3 rings (SSSR count). The van der Waals surface area contributed by atoms with E-state index in [0.29, 0.717) is 19.5 Å². The minimum Gasteiger partial charge on any atom is -0.361 e. The van der Waals surface area contributed by atoms with Gasteiger partial charge in [0.15, 0.2) is 5.96 Å². The van der Waals surface area contributed by atoms with Gasteiger partial charge in [-0.3, -0.25) is 4.79 Å². The summed E-state index contributed by atoms with van der Waals surface area (Å²) in [4.78, 5) is 19.2. The molecular weight excluding hydrogens is 505 g/mol. The first-order chi connectivity index (χ1) is 14.7. The van der Waals surface area contributed by atoms with Crippen LogP contribution in [0.15, 0.2) is 33.8 Å². The molecule has 2 heterocycles. The SMILES string of the molecule is CCNC(=NCc1c(CC)noc1CC)NCCCC(=O)N1Cc2ccccc2C1.I. The maximum atomic E-state index is 12.5. The van der Waals surface area contributed by atoms with E-state index in [1.807, 2.05) is 24.0 Å². The Kier molecular flexibility index (Phi) is 10.3. The number of halogens is 1. The molecule has 2 aromatic rings. The Morgan fingerprint density at radius 2 is 1.84 bits per heavy atom. The van der Waals surface area contributed by atoms with Crippen LogP contribution in [0.2, 0.25) is 0 Å². The summed E-state index contributed by atoms with van der Waals surface area (Å²) >= 11 is 0. The molecule has 1 aromatic carbocycles. The summed E-state index contributed by atoms with van der Waals surface area (Å²) < 4.78 is 5.42. The standard InChI is InChI=1S/C23H33N5O2.HI/c1-4-20-19(21(5-2)30-27-20)14-26-23(24-6-3)25-13-9-12-22(29)28-15-17-10-7-8-11-18(17)16-28;/h7-8,10-11H,4-6,9,12-16H2,1-3H3,(H2,24,25,26);1H. The van der Waals surface area contributed by atoms with Gasteiger partial charge in [-0.1, -0.05) is 43.3 Å². The largest absolute Gasteiger partial charge is 0.361 e. The molecule has 0 fully saturated rings. The quantitative estimate of drug-likeness (QED) is 0.219. The number of nitrogens with zero attached hydrogens (tertiary/aromatic N) is 3. The molecule has 8 heteroatoms. The average molecular weight is 539 g/mol. The first-order valence-corrected chi connectivity index (χ1v) is 11.0. The number of aryl methyl sites for hydroxylation is 2. The van der Waals surface area contributed by atoms with Crippen LogP contribution in [0.1, 0.15) is 61.8 Å². The molecular formula is C23H34IN5O2. The summed E-state index contributed by atoms with van der Waals surface area (Å²) in [7, 11) is 0. The lowest BCUT2D eigenvalue weighted by molar-refractivity contribution is -0.131. The summed E-state index contributed by atoms with van der Waals surface area (Å²) in [5, 5.41) is 10.8. The summed E-state index contributed by atoms with van der Waals surface area (Å²) in [5.74, 6) is 1.87. The normalized spacial score (nSPS) is 13.0. The van der Waals surface area contributed by atoms with Crippen LogP contribution >= 0.6 is 24.0 Å². The molecule has 0 spiro atoms. The van der Waals surface area contributed by atoms with E-state index in [0.717, 1.165) is 61.9 Å². The molecule has 1 aliphatic rings. The number of aromatic nitrogens is 1. The third-order valence-corrected chi connectivity index (χ3v) is 5.40. The Labute approximate surface area is 202 Å². The predicted octanol–water partition coefficient (Wildman–Crippen LogP) is 3.80. The fourth-order valence-electron chi connectivity index (χ4n) is 3.73. The van der Waals surface area contributed by atoms with Crippen molar-refractivity contribution in [2.45, 2.75) is 66.1 Å². The van der Waals surface area contributed by atoms with Crippen molar-refractivity contribution in [3.63, 3.8) is 0 Å². The second kappa shape index (κ2) is 12.7. The molecule has 0 aliphatic carbocycles. The molecule has 31 heavy (non-hydrogen) atoms. The molecule has 2 N–H and O–H groups in total. The van der Waals surface area contributed by atoms with Gasteiger partial charge in [0, 0.05) is 44.6 Å². The molecule has 0 bridgehead atoms. The van der Waals surface area contributed by atoms with Gasteiger partial charge in [0.25, 0.3) is 0 Å². The highest BCUT2D eigenvalue weighted by Gasteiger charge is 2.22. The highest BCUT2D eigenvalue weighted by molar-refractivity contribution is 14.0. The number of rotatable bonds is 9. The molecule has 0 saturated carbocycles. The van der Waals surface area contributed by atoms with E-state index >= 15 is 0 Å². The number of amides is 1. The van der Waals surface area contributed by atoms with Crippen LogP contribution in [-0.2, 0) is 37.3 Å². The second-order valence-corrected chi connectivity index (χ2v) is 7.48. The third kappa shape index (κ3) is 6.69. The summed E-state index contributed by atoms with van der Waals surface area (Å²) in [5.41, 5.74) is 4.58. The van der Waals surface area contributed by atoms with Gasteiger partial charge < -0.3 is 20.1 Å². The topological polar surface area (TPSA) is 82.8 Å². The van der Waals surface area contributed by atoms with Gasteiger partial charge in [-0.25, -0.2) is 4.99 Å². The lowest BCUT2D eigenvalue weighted by Crippen LogP contribution is -2.38. The Hall–Kier alpha value is -2.10. The van der Waals surface area contributed by atoms with Crippen molar-refractivity contribution in [3.8, 4) is 0 Å². The highest BCUT2D eigenvalue weighted by atomic mass is 127. The first-order valence-electron chi connectivity index (χ1n) is 11.0. The van der Waals surface area contributed by atoms with Gasteiger partial charge in [0.1, 0.15) is 5.76 Å². The van der Waals surface area contributed by atoms with Crippen LogP contribution in [0, 0.1) is 0 Å². The van der Waals surface area contributed by atoms with E-state index in [-0.39, 0.29) is 29.9 Å². The average Bonchev–Trinajstić information content (AvgIpc) is 3.38. The van der Waals surface area contributed by atoms with Gasteiger partial charge in [-0.15, -0.1) is 24.0 Å². The molecule has 1 aliphatic heterocycles. The Morgan fingerprint density at radius 1 is 1.13 bits per heavy atom. The predicted molar refractivity (Wildman–Crippen MR) is 133 cm³/mol. The van der Waals surface area contributed by atoms with Gasteiger partial charge in [0.05, 0.1) is 12.2 Å². The van der Waals surface area contributed by atoms with E-state index < -0.39 is 0 Å². The summed E-state index contributed by atoms with van der Waals surface area (Å²) in [6, 6.07) is 8.27. The van der Waals surface area contributed by atoms with E-state index in [1.165, 1.54) is 11.1 Å². The van der Waals surface area contributed by atoms with Crippen molar-refractivity contribution in [2.75, 3.05) is 13.1 Å². The van der Waals surface area contributed by atoms with Crippen LogP contribution in [-0.4, -0.2) is 35.0 Å². The molecule has 0 saturated heterocycles. The van der Waals surface area contributed by atoms with Crippen LogP contribution in [0.5, 0.6) is 0 Å². The lowest BCUT2D eigenvalue weighted by Gasteiger charge is -2.16. The van der Waals surface area contributed by atoms with Gasteiger partial charge in [0.2, 0.25) is 5.91 Å². The van der Waals surface area contributed by atoms with E-state index in [9.17, 15) is 4.79 Å². The molecule has 0 atom stereocenters. The number of hydrogen-bond donors (Lipinski definition) is 2. The number of fused-ring (bicyclic) bond motifs is 1. The lowest BCUT2D eigenvalue weighted by atomic mass is 10.1. The number of carbonyl (C=O) groups excluding carboxylic acids is 1. The molecule has 1 aromatic heterocycles. The zero-order chi connectivity index (χ0) is 21.3. The van der Waals surface area contributed by atoms with Crippen molar-refractivity contribution < 1.29 is 9.32 Å². The zero-order valence-electron chi connectivity index (χ0n) is 18.7. The molecule has 0 unspecified atom stereocenters. The van der Waals surface area contributed by atoms with Crippen molar-refractivity contribution in [2.24, 2.45) is 4.99 Å². The molecule has 170 valence electrons. The Morgan fingerprint density at radius 3 is 2.45 bits per heavy atom. The first kappa shape index (κ1) is 25.2. The number of benzene rings is 1. The van der Waals surface area contributed by atoms with Crippen molar-refractivity contribution in [1.29, 1.82) is 0 Å². The van der Waals surface area contributed by atoms with E-state index in [1.54, 1.807) is 0 Å². The van der Waals surface area contributed by atoms with Crippen LogP contribution < -0.4 is 10.6 Å². The van der Waals surface area contributed by atoms with Gasteiger partial charge in [-0.2, -0.15) is 0 Å². The Bertz CT molecular complexity index is 834. The number of guanidine groups is 1. The minimum atomic E-state index is 0. The molecule has 7 nitrogen and oxygen atoms in total. The van der Waals surface area contributed by atoms with Gasteiger partial charge >= 0.3 is 0 Å². The van der Waals surface area contributed by atoms with Crippen molar-refractivity contribution in [1.82, 2.24) is 20.7 Å². The van der Waals surface area contributed by atoms with Crippen LogP contribution in [0.3, 0.4) is 0 Å². The number of aliphatic imine (C=N–C) groups is 1. The monoisotopic (exact) mass is 539 g/mol. The fraction of sp³-hybridized carbons (Fsp3) is 0.522. The zero-order valence-corrected chi connectivity index (χ0v) is 21.1. The minimum absolute atomic E-state index is 0. The van der Waals surface area contributed by atoms with E-state index in [2.05, 4.69) is 41.8 Å². The van der Waals surface area contributed by atoms with Gasteiger partial charge in [-0.05, 0) is 30.9 Å². The molecule has 0 radical (unpaired) electrons. The summed E-state index contributed by atoms with van der Waals surface area (Å²) in [6.45, 7) is 9.65. The highest BCUT2D eigenvalue weighted by Crippen LogP contribution is 2.23. The number of nitrogens with one attached hydrogen (secondary N) is 2. The second-order valence-electron chi connectivity index (χ2n) is 7.48. The smallest absolute Gasteiger partial charge is 0.223 e. The van der Waals surface area contributed by atoms with Crippen LogP contribution in [0.4, 0.5) is 0 Å². The third-order valence-electron chi connectivity index (χ3n) is 5.40. The number of hydrogen-bond acceptors (Lipinski definition) is 4. The van der Waals surface area contributed by atoms with Crippen molar-refractivity contribution in [3.05, 3.63) is 52.4 Å². The molecule has 1 amide bonds. The number of carbonyl (C=O) groups is 1. The van der Waals surface area contributed by atoms with Crippen molar-refractivity contribution >= 4 is 35.8 Å². The summed E-state index contributed by atoms with van der Waals surface area (Å²) in [6.07, 6.45) is 2.95. The van der Waals surface area contributed by atoms with Crippen LogP contribution in [0.25, 0.3) is 0 Å². The van der Waals surface area contributed by atoms with E-state index in [4.69, 9.17) is 9.52 Å². The maximum Gasteiger partial charge on any atom is 0.223 e. The maximum absolute atomic E-state index is 12.5.